The number of nitrogens with one attached hydrogen (secondary N) is 2. The van der Waals surface area contributed by atoms with Crippen LogP contribution in [0.4, 0.5) is 0 Å². The molecule has 3 heterocycles. The van der Waals surface area contributed by atoms with E-state index in [-0.39, 0.29) is 5.91 Å². The van der Waals surface area contributed by atoms with E-state index in [9.17, 15) is 4.79 Å². The maximum Gasteiger partial charge on any atom is 0.251 e. The molecule has 2 aromatic heterocycles. The van der Waals surface area contributed by atoms with E-state index in [4.69, 9.17) is 0 Å². The molecule has 1 atom stereocenters. The predicted molar refractivity (Wildman–Crippen MR) is 100 cm³/mol. The number of rotatable bonds is 6. The molecule has 1 aliphatic heterocycles. The molecule has 1 amide bonds. The lowest BCUT2D eigenvalue weighted by molar-refractivity contribution is 0.0952. The van der Waals surface area contributed by atoms with Gasteiger partial charge in [0.2, 0.25) is 0 Å². The molecular weight excluding hydrogens is 326 g/mol. The average Bonchev–Trinajstić information content (AvgIpc) is 3.35. The average molecular weight is 349 g/mol. The highest BCUT2D eigenvalue weighted by atomic mass is 16.1. The Morgan fingerprint density at radius 3 is 2.96 bits per heavy atom. The van der Waals surface area contributed by atoms with Crippen LogP contribution in [0.5, 0.6) is 0 Å². The van der Waals surface area contributed by atoms with E-state index in [0.717, 1.165) is 55.0 Å². The maximum atomic E-state index is 12.6. The van der Waals surface area contributed by atoms with Crippen molar-refractivity contribution >= 4 is 11.6 Å². The number of aromatic nitrogens is 3. The van der Waals surface area contributed by atoms with Gasteiger partial charge in [0.25, 0.3) is 5.91 Å². The van der Waals surface area contributed by atoms with Crippen molar-refractivity contribution in [2.24, 2.45) is 0 Å². The van der Waals surface area contributed by atoms with Gasteiger partial charge >= 0.3 is 0 Å². The van der Waals surface area contributed by atoms with Crippen LogP contribution in [0, 0.1) is 0 Å². The van der Waals surface area contributed by atoms with Gasteiger partial charge in [0, 0.05) is 31.3 Å². The SMILES string of the molecule is O=C(NCCCc1nnc2ccccn12)c1ccccc1[C@@H]1CCNC1. The van der Waals surface area contributed by atoms with Gasteiger partial charge in [0.05, 0.1) is 0 Å². The third-order valence-corrected chi connectivity index (χ3v) is 4.95. The van der Waals surface area contributed by atoms with Crippen molar-refractivity contribution in [3.8, 4) is 0 Å². The van der Waals surface area contributed by atoms with Crippen molar-refractivity contribution in [2.45, 2.75) is 25.2 Å². The number of hydrogen-bond acceptors (Lipinski definition) is 4. The van der Waals surface area contributed by atoms with E-state index in [0.29, 0.717) is 12.5 Å². The zero-order valence-electron chi connectivity index (χ0n) is 14.7. The molecule has 1 fully saturated rings. The zero-order valence-corrected chi connectivity index (χ0v) is 14.7. The van der Waals surface area contributed by atoms with Crippen molar-refractivity contribution in [1.29, 1.82) is 0 Å². The molecule has 1 aliphatic rings. The lowest BCUT2D eigenvalue weighted by Gasteiger charge is -2.14. The van der Waals surface area contributed by atoms with Crippen molar-refractivity contribution in [1.82, 2.24) is 25.2 Å². The first kappa shape index (κ1) is 16.7. The second-order valence-electron chi connectivity index (χ2n) is 6.68. The lowest BCUT2D eigenvalue weighted by Crippen LogP contribution is -2.26. The summed E-state index contributed by atoms with van der Waals surface area (Å²) in [5, 5.41) is 14.8. The summed E-state index contributed by atoms with van der Waals surface area (Å²) in [6.45, 7) is 2.59. The number of aryl methyl sites for hydroxylation is 1. The summed E-state index contributed by atoms with van der Waals surface area (Å²) in [7, 11) is 0. The summed E-state index contributed by atoms with van der Waals surface area (Å²) in [6, 6.07) is 13.8. The van der Waals surface area contributed by atoms with Gasteiger partial charge in [-0.1, -0.05) is 24.3 Å². The van der Waals surface area contributed by atoms with E-state index in [1.54, 1.807) is 0 Å². The lowest BCUT2D eigenvalue weighted by atomic mass is 9.93. The first-order valence-electron chi connectivity index (χ1n) is 9.19. The molecule has 0 aliphatic carbocycles. The maximum absolute atomic E-state index is 12.6. The Morgan fingerprint density at radius 1 is 1.19 bits per heavy atom. The molecule has 1 saturated heterocycles. The molecule has 0 saturated carbocycles. The number of nitrogens with zero attached hydrogens (tertiary/aromatic N) is 3. The number of hydrogen-bond donors (Lipinski definition) is 2. The van der Waals surface area contributed by atoms with Gasteiger partial charge in [0.1, 0.15) is 5.82 Å². The van der Waals surface area contributed by atoms with Crippen molar-refractivity contribution < 1.29 is 4.79 Å². The molecule has 134 valence electrons. The number of fused-ring (bicyclic) bond motifs is 1. The van der Waals surface area contributed by atoms with E-state index in [2.05, 4.69) is 26.9 Å². The smallest absolute Gasteiger partial charge is 0.251 e. The first-order chi connectivity index (χ1) is 12.8. The topological polar surface area (TPSA) is 71.3 Å². The summed E-state index contributed by atoms with van der Waals surface area (Å²) in [5.41, 5.74) is 2.80. The van der Waals surface area contributed by atoms with E-state index in [1.165, 1.54) is 0 Å². The largest absolute Gasteiger partial charge is 0.352 e. The number of benzene rings is 1. The Kier molecular flexibility index (Phi) is 4.93. The Morgan fingerprint density at radius 2 is 2.08 bits per heavy atom. The second kappa shape index (κ2) is 7.66. The third kappa shape index (κ3) is 3.46. The van der Waals surface area contributed by atoms with Crippen LogP contribution in [0.3, 0.4) is 0 Å². The number of carbonyl (C=O) groups excluding carboxylic acids is 1. The number of carbonyl (C=O) groups is 1. The molecule has 0 radical (unpaired) electrons. The Labute approximate surface area is 152 Å². The van der Waals surface area contributed by atoms with Crippen LogP contribution in [0.2, 0.25) is 0 Å². The molecule has 3 aromatic rings. The van der Waals surface area contributed by atoms with Crippen LogP contribution in [0.25, 0.3) is 5.65 Å². The van der Waals surface area contributed by atoms with Crippen LogP contribution < -0.4 is 10.6 Å². The van der Waals surface area contributed by atoms with Crippen LogP contribution in [-0.4, -0.2) is 40.1 Å². The monoisotopic (exact) mass is 349 g/mol. The summed E-state index contributed by atoms with van der Waals surface area (Å²) < 4.78 is 1.99. The first-order valence-corrected chi connectivity index (χ1v) is 9.19. The van der Waals surface area contributed by atoms with Crippen LogP contribution >= 0.6 is 0 Å². The molecule has 4 rings (SSSR count). The predicted octanol–water partition coefficient (Wildman–Crippen LogP) is 2.17. The Balaban J connectivity index is 1.34. The summed E-state index contributed by atoms with van der Waals surface area (Å²) in [6.07, 6.45) is 4.66. The molecule has 1 aromatic carbocycles. The highest BCUT2D eigenvalue weighted by molar-refractivity contribution is 5.95. The van der Waals surface area contributed by atoms with Gasteiger partial charge in [-0.25, -0.2) is 0 Å². The van der Waals surface area contributed by atoms with Gasteiger partial charge in [0.15, 0.2) is 5.65 Å². The van der Waals surface area contributed by atoms with Gasteiger partial charge < -0.3 is 10.6 Å². The van der Waals surface area contributed by atoms with E-state index in [1.807, 2.05) is 47.0 Å². The summed E-state index contributed by atoms with van der Waals surface area (Å²) in [4.78, 5) is 12.6. The van der Waals surface area contributed by atoms with Crippen LogP contribution in [0.15, 0.2) is 48.7 Å². The Bertz CT molecular complexity index is 898. The third-order valence-electron chi connectivity index (χ3n) is 4.95. The van der Waals surface area contributed by atoms with Crippen LogP contribution in [-0.2, 0) is 6.42 Å². The van der Waals surface area contributed by atoms with E-state index >= 15 is 0 Å². The molecule has 2 N–H and O–H groups in total. The molecular formula is C20H23N5O. The minimum absolute atomic E-state index is 0.0126. The van der Waals surface area contributed by atoms with Gasteiger partial charge in [-0.2, -0.15) is 0 Å². The second-order valence-corrected chi connectivity index (χ2v) is 6.68. The number of pyridine rings is 1. The van der Waals surface area contributed by atoms with Gasteiger partial charge in [-0.05, 0) is 49.1 Å². The van der Waals surface area contributed by atoms with Crippen molar-refractivity contribution in [3.05, 3.63) is 65.6 Å². The van der Waals surface area contributed by atoms with Gasteiger partial charge in [-0.15, -0.1) is 10.2 Å². The standard InChI is InChI=1S/C20H23N5O/c26-20(17-7-2-1-6-16(17)15-10-12-21-14-15)22-11-5-9-19-24-23-18-8-3-4-13-25(18)19/h1-4,6-8,13,15,21H,5,9-12,14H2,(H,22,26)/t15-/m1/s1. The quantitative estimate of drug-likeness (QED) is 0.669. The molecule has 6 nitrogen and oxygen atoms in total. The summed E-state index contributed by atoms with van der Waals surface area (Å²) >= 11 is 0. The highest BCUT2D eigenvalue weighted by Crippen LogP contribution is 2.25. The highest BCUT2D eigenvalue weighted by Gasteiger charge is 2.21. The fraction of sp³-hybridized carbons (Fsp3) is 0.350. The normalized spacial score (nSPS) is 16.8. The fourth-order valence-electron chi connectivity index (χ4n) is 3.58. The van der Waals surface area contributed by atoms with Crippen molar-refractivity contribution in [2.75, 3.05) is 19.6 Å². The number of amides is 1. The Hall–Kier alpha value is -2.73. The zero-order chi connectivity index (χ0) is 17.8. The minimum Gasteiger partial charge on any atom is -0.352 e. The molecule has 26 heavy (non-hydrogen) atoms. The fourth-order valence-corrected chi connectivity index (χ4v) is 3.58. The molecule has 0 spiro atoms. The molecule has 6 heteroatoms. The van der Waals surface area contributed by atoms with Crippen molar-refractivity contribution in [3.63, 3.8) is 0 Å². The van der Waals surface area contributed by atoms with Crippen LogP contribution in [0.1, 0.15) is 40.5 Å². The van der Waals surface area contributed by atoms with Gasteiger partial charge in [-0.3, -0.25) is 9.20 Å². The molecule has 0 bridgehead atoms. The minimum atomic E-state index is 0.0126. The van der Waals surface area contributed by atoms with E-state index < -0.39 is 0 Å². The molecule has 0 unspecified atom stereocenters. The summed E-state index contributed by atoms with van der Waals surface area (Å²) in [5.74, 6) is 1.37.